The molecule has 0 radical (unpaired) electrons. The van der Waals surface area contributed by atoms with E-state index in [2.05, 4.69) is 15.1 Å². The highest BCUT2D eigenvalue weighted by molar-refractivity contribution is 6.31. The lowest BCUT2D eigenvalue weighted by atomic mass is 10.4. The molecule has 0 aromatic carbocycles. The van der Waals surface area contributed by atoms with Gasteiger partial charge in [-0.2, -0.15) is 10.1 Å². The third kappa shape index (κ3) is 1.74. The molecule has 2 rings (SSSR count). The Balaban J connectivity index is 2.62. The maximum absolute atomic E-state index is 6.07. The van der Waals surface area contributed by atoms with Gasteiger partial charge >= 0.3 is 0 Å². The summed E-state index contributed by atoms with van der Waals surface area (Å²) in [4.78, 5) is 8.14. The molecular weight excluding hydrogens is 226 g/mol. The molecule has 0 saturated carbocycles. The van der Waals surface area contributed by atoms with Crippen LogP contribution in [0.4, 0.5) is 5.95 Å². The number of nitrogen functional groups attached to an aromatic ring is 1. The number of rotatable bonds is 1. The van der Waals surface area contributed by atoms with Crippen LogP contribution in [0.3, 0.4) is 0 Å². The Morgan fingerprint density at radius 1 is 1.25 bits per heavy atom. The third-order valence-electron chi connectivity index (χ3n) is 2.28. The molecule has 0 aliphatic carbocycles. The molecule has 84 valence electrons. The van der Waals surface area contributed by atoms with Crippen LogP contribution in [0.2, 0.25) is 5.02 Å². The molecule has 0 unspecified atom stereocenters. The first kappa shape index (κ1) is 10.9. The van der Waals surface area contributed by atoms with Crippen molar-refractivity contribution in [2.45, 2.75) is 20.8 Å². The van der Waals surface area contributed by atoms with Crippen molar-refractivity contribution in [2.24, 2.45) is 0 Å². The first-order valence-electron chi connectivity index (χ1n) is 4.82. The molecule has 0 saturated heterocycles. The lowest BCUT2D eigenvalue weighted by molar-refractivity contribution is 0.800. The van der Waals surface area contributed by atoms with Crippen LogP contribution >= 0.6 is 11.6 Å². The average molecular weight is 238 g/mol. The third-order valence-corrected chi connectivity index (χ3v) is 2.82. The van der Waals surface area contributed by atoms with Gasteiger partial charge in [0.2, 0.25) is 5.95 Å². The van der Waals surface area contributed by atoms with Gasteiger partial charge in [-0.3, -0.25) is 0 Å². The number of hydrogen-bond donors (Lipinski definition) is 1. The first-order valence-corrected chi connectivity index (χ1v) is 5.20. The van der Waals surface area contributed by atoms with Crippen LogP contribution in [0.1, 0.15) is 17.1 Å². The fourth-order valence-corrected chi connectivity index (χ4v) is 1.65. The number of aromatic nitrogens is 4. The van der Waals surface area contributed by atoms with E-state index < -0.39 is 0 Å². The van der Waals surface area contributed by atoms with E-state index in [0.29, 0.717) is 10.8 Å². The summed E-state index contributed by atoms with van der Waals surface area (Å²) in [6, 6.07) is 1.81. The molecule has 0 aliphatic heterocycles. The molecule has 0 spiro atoms. The molecule has 0 bridgehead atoms. The maximum atomic E-state index is 6.07. The van der Waals surface area contributed by atoms with Crippen LogP contribution in [0.5, 0.6) is 0 Å². The minimum atomic E-state index is 0.235. The fourth-order valence-electron chi connectivity index (χ4n) is 1.53. The van der Waals surface area contributed by atoms with Gasteiger partial charge in [-0.1, -0.05) is 11.6 Å². The lowest BCUT2D eigenvalue weighted by Crippen LogP contribution is -2.06. The van der Waals surface area contributed by atoms with E-state index in [1.165, 1.54) is 0 Å². The van der Waals surface area contributed by atoms with Crippen molar-refractivity contribution in [3.05, 3.63) is 28.2 Å². The summed E-state index contributed by atoms with van der Waals surface area (Å²) in [5.74, 6) is 0.871. The topological polar surface area (TPSA) is 69.6 Å². The predicted octanol–water partition coefficient (Wildman–Crippen LogP) is 1.82. The molecule has 2 N–H and O–H groups in total. The normalized spacial score (nSPS) is 10.8. The minimum Gasteiger partial charge on any atom is -0.368 e. The summed E-state index contributed by atoms with van der Waals surface area (Å²) in [7, 11) is 0. The molecule has 2 aromatic heterocycles. The summed E-state index contributed by atoms with van der Waals surface area (Å²) < 4.78 is 1.67. The van der Waals surface area contributed by atoms with E-state index in [0.717, 1.165) is 17.1 Å². The van der Waals surface area contributed by atoms with Crippen molar-refractivity contribution in [1.82, 2.24) is 19.7 Å². The lowest BCUT2D eigenvalue weighted by Gasteiger charge is -2.04. The summed E-state index contributed by atoms with van der Waals surface area (Å²) >= 11 is 6.07. The highest BCUT2D eigenvalue weighted by Crippen LogP contribution is 2.21. The highest BCUT2D eigenvalue weighted by atomic mass is 35.5. The summed E-state index contributed by atoms with van der Waals surface area (Å²) in [6.45, 7) is 5.59. The van der Waals surface area contributed by atoms with Crippen LogP contribution in [0.25, 0.3) is 5.82 Å². The van der Waals surface area contributed by atoms with Gasteiger partial charge in [0.25, 0.3) is 0 Å². The zero-order valence-electron chi connectivity index (χ0n) is 9.32. The highest BCUT2D eigenvalue weighted by Gasteiger charge is 2.12. The Labute approximate surface area is 98.3 Å². The zero-order chi connectivity index (χ0) is 11.9. The van der Waals surface area contributed by atoms with Crippen LogP contribution < -0.4 is 5.73 Å². The van der Waals surface area contributed by atoms with E-state index in [1.807, 2.05) is 26.8 Å². The van der Waals surface area contributed by atoms with Crippen LogP contribution in [-0.2, 0) is 0 Å². The number of halogens is 1. The maximum Gasteiger partial charge on any atom is 0.222 e. The van der Waals surface area contributed by atoms with E-state index >= 15 is 0 Å². The zero-order valence-corrected chi connectivity index (χ0v) is 10.1. The molecule has 0 atom stereocenters. The van der Waals surface area contributed by atoms with Crippen molar-refractivity contribution in [2.75, 3.05) is 5.73 Å². The van der Waals surface area contributed by atoms with Gasteiger partial charge in [-0.25, -0.2) is 9.67 Å². The predicted molar refractivity (Wildman–Crippen MR) is 62.8 cm³/mol. The summed E-state index contributed by atoms with van der Waals surface area (Å²) in [6.07, 6.45) is 0. The summed E-state index contributed by atoms with van der Waals surface area (Å²) in [5, 5.41) is 4.95. The number of anilines is 1. The number of aryl methyl sites for hydroxylation is 2. The van der Waals surface area contributed by atoms with Crippen molar-refractivity contribution in [3.8, 4) is 5.82 Å². The Kier molecular flexibility index (Phi) is 2.55. The second kappa shape index (κ2) is 3.75. The molecule has 16 heavy (non-hydrogen) atoms. The van der Waals surface area contributed by atoms with Gasteiger partial charge in [-0.15, -0.1) is 0 Å². The smallest absolute Gasteiger partial charge is 0.222 e. The van der Waals surface area contributed by atoms with Crippen molar-refractivity contribution in [3.63, 3.8) is 0 Å². The van der Waals surface area contributed by atoms with E-state index in [-0.39, 0.29) is 5.95 Å². The Hall–Kier alpha value is -1.62. The Bertz CT molecular complexity index is 526. The molecule has 2 heterocycles. The molecule has 5 nitrogen and oxygen atoms in total. The Morgan fingerprint density at radius 3 is 2.44 bits per heavy atom. The standard InChI is InChI=1S/C10H12ClN5/c1-5-4-8(14-10(12)13-5)16-7(3)9(11)6(2)15-16/h4H,1-3H3,(H2,12,13,14). The van der Waals surface area contributed by atoms with Gasteiger partial charge in [0.15, 0.2) is 5.82 Å². The molecule has 6 heteroatoms. The SMILES string of the molecule is Cc1cc(-n2nc(C)c(Cl)c2C)nc(N)n1. The summed E-state index contributed by atoms with van der Waals surface area (Å²) in [5.41, 5.74) is 8.01. The first-order chi connectivity index (χ1) is 7.49. The molecule has 2 aromatic rings. The van der Waals surface area contributed by atoms with Crippen LogP contribution in [0.15, 0.2) is 6.07 Å². The monoisotopic (exact) mass is 237 g/mol. The average Bonchev–Trinajstić information content (AvgIpc) is 2.44. The van der Waals surface area contributed by atoms with Crippen LogP contribution in [-0.4, -0.2) is 19.7 Å². The molecular formula is C10H12ClN5. The van der Waals surface area contributed by atoms with E-state index in [1.54, 1.807) is 4.68 Å². The van der Waals surface area contributed by atoms with Crippen molar-refractivity contribution in [1.29, 1.82) is 0 Å². The fraction of sp³-hybridized carbons (Fsp3) is 0.300. The molecule has 0 amide bonds. The second-order valence-electron chi connectivity index (χ2n) is 3.62. The van der Waals surface area contributed by atoms with Gasteiger partial charge in [0, 0.05) is 11.8 Å². The van der Waals surface area contributed by atoms with Crippen molar-refractivity contribution < 1.29 is 0 Å². The van der Waals surface area contributed by atoms with Crippen molar-refractivity contribution >= 4 is 17.5 Å². The second-order valence-corrected chi connectivity index (χ2v) is 4.00. The largest absolute Gasteiger partial charge is 0.368 e. The number of nitrogens with two attached hydrogens (primary N) is 1. The quantitative estimate of drug-likeness (QED) is 0.822. The molecule has 0 aliphatic rings. The minimum absolute atomic E-state index is 0.235. The number of hydrogen-bond acceptors (Lipinski definition) is 4. The Morgan fingerprint density at radius 2 is 1.94 bits per heavy atom. The number of nitrogens with zero attached hydrogens (tertiary/aromatic N) is 4. The van der Waals surface area contributed by atoms with Gasteiger partial charge in [0.1, 0.15) is 0 Å². The van der Waals surface area contributed by atoms with Gasteiger partial charge < -0.3 is 5.73 Å². The van der Waals surface area contributed by atoms with Crippen LogP contribution in [0, 0.1) is 20.8 Å². The van der Waals surface area contributed by atoms with Gasteiger partial charge in [-0.05, 0) is 20.8 Å². The van der Waals surface area contributed by atoms with E-state index in [4.69, 9.17) is 17.3 Å². The molecule has 0 fully saturated rings. The van der Waals surface area contributed by atoms with Gasteiger partial charge in [0.05, 0.1) is 16.4 Å². The van der Waals surface area contributed by atoms with E-state index in [9.17, 15) is 0 Å².